The number of nitrogens with zero attached hydrogens (tertiary/aromatic N) is 3. The van der Waals surface area contributed by atoms with E-state index in [1.807, 2.05) is 30.8 Å². The Morgan fingerprint density at radius 2 is 1.61 bits per heavy atom. The highest BCUT2D eigenvalue weighted by molar-refractivity contribution is 6.19. The van der Waals surface area contributed by atoms with Crippen molar-refractivity contribution in [3.05, 3.63) is 109 Å². The number of rotatable bonds is 2. The van der Waals surface area contributed by atoms with Crippen molar-refractivity contribution in [2.45, 2.75) is 6.29 Å². The molecule has 0 spiro atoms. The van der Waals surface area contributed by atoms with Crippen LogP contribution in [0.2, 0.25) is 0 Å². The van der Waals surface area contributed by atoms with Gasteiger partial charge in [-0.05, 0) is 50.9 Å². The van der Waals surface area contributed by atoms with E-state index in [1.165, 1.54) is 27.1 Å². The monoisotopic (exact) mass is 424 g/mol. The Kier molecular flexibility index (Phi) is 3.87. The number of benzene rings is 4. The molecule has 0 amide bonds. The third kappa shape index (κ3) is 2.84. The highest BCUT2D eigenvalue weighted by atomic mass is 15.4. The van der Waals surface area contributed by atoms with Crippen molar-refractivity contribution >= 4 is 44.4 Å². The lowest BCUT2D eigenvalue weighted by atomic mass is 9.91. The normalized spacial score (nSPS) is 16.9. The van der Waals surface area contributed by atoms with E-state index in [-0.39, 0.29) is 6.29 Å². The molecule has 4 nitrogen and oxygen atoms in total. The zero-order chi connectivity index (χ0) is 21.8. The van der Waals surface area contributed by atoms with E-state index in [1.54, 1.807) is 0 Å². The van der Waals surface area contributed by atoms with Gasteiger partial charge in [0.2, 0.25) is 0 Å². The standard InChI is InChI=1S/C29H20N4/c1-2-7-23-19(5-1)12-13-24-25(23)17-22-6-3-14-30-28(22)27(24)21-10-8-20(9-11-21)26-18-33-16-4-15-31-29(33)32-26/h1-18,29,32H. The third-order valence-electron chi connectivity index (χ3n) is 6.52. The molecule has 156 valence electrons. The van der Waals surface area contributed by atoms with E-state index in [4.69, 9.17) is 4.98 Å². The Hall–Kier alpha value is -4.44. The van der Waals surface area contributed by atoms with Gasteiger partial charge in [-0.2, -0.15) is 0 Å². The maximum atomic E-state index is 4.78. The zero-order valence-electron chi connectivity index (χ0n) is 17.8. The average molecular weight is 425 g/mol. The minimum atomic E-state index is -0.0517. The molecule has 2 aliphatic rings. The molecule has 1 N–H and O–H groups in total. The van der Waals surface area contributed by atoms with Crippen LogP contribution in [0.4, 0.5) is 0 Å². The fourth-order valence-electron chi connectivity index (χ4n) is 4.94. The molecule has 0 fully saturated rings. The predicted molar refractivity (Wildman–Crippen MR) is 137 cm³/mol. The van der Waals surface area contributed by atoms with Gasteiger partial charge in [0, 0.05) is 35.8 Å². The zero-order valence-corrected chi connectivity index (χ0v) is 17.8. The lowest BCUT2D eigenvalue weighted by molar-refractivity contribution is 0.377. The number of hydrogen-bond donors (Lipinski definition) is 1. The van der Waals surface area contributed by atoms with E-state index in [9.17, 15) is 0 Å². The summed E-state index contributed by atoms with van der Waals surface area (Å²) in [4.78, 5) is 11.3. The molecule has 1 atom stereocenters. The summed E-state index contributed by atoms with van der Waals surface area (Å²) in [6.45, 7) is 0. The van der Waals surface area contributed by atoms with Crippen molar-refractivity contribution in [1.29, 1.82) is 0 Å². The molecule has 0 saturated heterocycles. The molecule has 4 aromatic carbocycles. The van der Waals surface area contributed by atoms with Gasteiger partial charge in [-0.25, -0.2) is 4.99 Å². The Bertz CT molecular complexity index is 1640. The van der Waals surface area contributed by atoms with Gasteiger partial charge in [0.05, 0.1) is 11.2 Å². The van der Waals surface area contributed by atoms with Crippen molar-refractivity contribution in [2.75, 3.05) is 0 Å². The Balaban J connectivity index is 1.41. The lowest BCUT2D eigenvalue weighted by Crippen LogP contribution is -2.32. The van der Waals surface area contributed by atoms with E-state index >= 15 is 0 Å². The van der Waals surface area contributed by atoms with Crippen LogP contribution in [0, 0.1) is 0 Å². The molecule has 0 bridgehead atoms. The van der Waals surface area contributed by atoms with Gasteiger partial charge in [0.25, 0.3) is 0 Å². The van der Waals surface area contributed by atoms with Crippen LogP contribution >= 0.6 is 0 Å². The van der Waals surface area contributed by atoms with Crippen molar-refractivity contribution in [3.8, 4) is 11.1 Å². The Labute approximate surface area is 191 Å². The van der Waals surface area contributed by atoms with Crippen LogP contribution < -0.4 is 5.32 Å². The van der Waals surface area contributed by atoms with Gasteiger partial charge in [0.1, 0.15) is 0 Å². The van der Waals surface area contributed by atoms with Crippen LogP contribution in [0.15, 0.2) is 109 Å². The first kappa shape index (κ1) is 18.2. The summed E-state index contributed by atoms with van der Waals surface area (Å²) < 4.78 is 0. The second-order valence-electron chi connectivity index (χ2n) is 8.43. The maximum Gasteiger partial charge on any atom is 0.200 e. The molecular formula is C29H20N4. The molecule has 7 rings (SSSR count). The first-order chi connectivity index (χ1) is 16.3. The first-order valence-corrected chi connectivity index (χ1v) is 11.1. The minimum Gasteiger partial charge on any atom is -0.345 e. The van der Waals surface area contributed by atoms with Gasteiger partial charge in [-0.15, -0.1) is 0 Å². The molecular weight excluding hydrogens is 404 g/mol. The lowest BCUT2D eigenvalue weighted by Gasteiger charge is -2.19. The summed E-state index contributed by atoms with van der Waals surface area (Å²) in [5.74, 6) is 0. The smallest absolute Gasteiger partial charge is 0.200 e. The largest absolute Gasteiger partial charge is 0.345 e. The molecule has 33 heavy (non-hydrogen) atoms. The van der Waals surface area contributed by atoms with Gasteiger partial charge < -0.3 is 10.2 Å². The Morgan fingerprint density at radius 1 is 0.758 bits per heavy atom. The van der Waals surface area contributed by atoms with Crippen molar-refractivity contribution < 1.29 is 0 Å². The minimum absolute atomic E-state index is 0.0517. The highest BCUT2D eigenvalue weighted by Crippen LogP contribution is 2.38. The molecule has 1 aromatic heterocycles. The third-order valence-corrected chi connectivity index (χ3v) is 6.52. The van der Waals surface area contributed by atoms with Crippen LogP contribution in [0.1, 0.15) is 5.56 Å². The fourth-order valence-corrected chi connectivity index (χ4v) is 4.94. The molecule has 0 aliphatic carbocycles. The summed E-state index contributed by atoms with van der Waals surface area (Å²) in [7, 11) is 0. The molecule has 3 heterocycles. The number of allylic oxidation sites excluding steroid dienone is 1. The second kappa shape index (κ2) is 7.04. The number of aliphatic imine (C=N–C) groups is 1. The van der Waals surface area contributed by atoms with Crippen LogP contribution in [0.25, 0.3) is 49.3 Å². The molecule has 0 radical (unpaired) electrons. The molecule has 4 heteroatoms. The summed E-state index contributed by atoms with van der Waals surface area (Å²) in [6.07, 6.45) is 9.74. The molecule has 0 saturated carbocycles. The summed E-state index contributed by atoms with van der Waals surface area (Å²) in [5, 5.41) is 9.63. The van der Waals surface area contributed by atoms with Crippen molar-refractivity contribution in [3.63, 3.8) is 0 Å². The Morgan fingerprint density at radius 3 is 2.52 bits per heavy atom. The van der Waals surface area contributed by atoms with Crippen molar-refractivity contribution in [2.24, 2.45) is 4.99 Å². The quantitative estimate of drug-likeness (QED) is 0.267. The number of aromatic nitrogens is 1. The van der Waals surface area contributed by atoms with Crippen LogP contribution in [0.5, 0.6) is 0 Å². The summed E-state index contributed by atoms with van der Waals surface area (Å²) >= 11 is 0. The molecule has 5 aromatic rings. The van der Waals surface area contributed by atoms with E-state index in [0.717, 1.165) is 27.7 Å². The molecule has 1 unspecified atom stereocenters. The molecule has 2 aliphatic heterocycles. The average Bonchev–Trinajstić information content (AvgIpc) is 3.32. The fraction of sp³-hybridized carbons (Fsp3) is 0.0345. The van der Waals surface area contributed by atoms with Gasteiger partial charge in [-0.3, -0.25) is 4.98 Å². The van der Waals surface area contributed by atoms with Gasteiger partial charge >= 0.3 is 0 Å². The number of fused-ring (bicyclic) bond motifs is 5. The first-order valence-electron chi connectivity index (χ1n) is 11.1. The number of pyridine rings is 1. The van der Waals surface area contributed by atoms with Gasteiger partial charge in [0.15, 0.2) is 6.29 Å². The highest BCUT2D eigenvalue weighted by Gasteiger charge is 2.23. The van der Waals surface area contributed by atoms with Gasteiger partial charge in [-0.1, -0.05) is 66.7 Å². The van der Waals surface area contributed by atoms with Crippen LogP contribution in [0.3, 0.4) is 0 Å². The van der Waals surface area contributed by atoms with E-state index in [0.29, 0.717) is 0 Å². The predicted octanol–water partition coefficient (Wildman–Crippen LogP) is 6.29. The number of nitrogens with one attached hydrogen (secondary N) is 1. The second-order valence-corrected chi connectivity index (χ2v) is 8.43. The summed E-state index contributed by atoms with van der Waals surface area (Å²) in [6, 6.07) is 28.2. The van der Waals surface area contributed by atoms with E-state index < -0.39 is 0 Å². The van der Waals surface area contributed by atoms with Crippen LogP contribution in [-0.4, -0.2) is 22.4 Å². The van der Waals surface area contributed by atoms with Crippen LogP contribution in [-0.2, 0) is 0 Å². The maximum absolute atomic E-state index is 4.78. The van der Waals surface area contributed by atoms with E-state index in [2.05, 4.69) is 94.2 Å². The van der Waals surface area contributed by atoms with Crippen molar-refractivity contribution in [1.82, 2.24) is 15.2 Å². The number of hydrogen-bond acceptors (Lipinski definition) is 4. The summed E-state index contributed by atoms with van der Waals surface area (Å²) in [5.41, 5.74) is 5.58. The SMILES string of the molecule is C1=CN2C=C(c3ccc(-c4c5ccc6ccccc6c5cc5cccnc45)cc3)NC2N=C1. The topological polar surface area (TPSA) is 40.5 Å².